The number of halogens is 1. The number of benzene rings is 1. The van der Waals surface area contributed by atoms with Crippen molar-refractivity contribution in [2.45, 2.75) is 38.3 Å². The summed E-state index contributed by atoms with van der Waals surface area (Å²) in [5.74, 6) is -0.172. The summed E-state index contributed by atoms with van der Waals surface area (Å²) in [7, 11) is 1.85. The fraction of sp³-hybridized carbons (Fsp3) is 0.600. The highest BCUT2D eigenvalue weighted by molar-refractivity contribution is 5.49. The minimum absolute atomic E-state index is 0.172. The lowest BCUT2D eigenvalue weighted by Crippen LogP contribution is -2.28. The number of hydrogen-bond acceptors (Lipinski definition) is 3. The van der Waals surface area contributed by atoms with E-state index in [0.717, 1.165) is 24.9 Å². The summed E-state index contributed by atoms with van der Waals surface area (Å²) in [6.07, 6.45) is 2.36. The van der Waals surface area contributed by atoms with Crippen molar-refractivity contribution < 1.29 is 9.50 Å². The van der Waals surface area contributed by atoms with E-state index in [9.17, 15) is 9.50 Å². The first-order valence-corrected chi connectivity index (χ1v) is 6.92. The average molecular weight is 266 g/mol. The summed E-state index contributed by atoms with van der Waals surface area (Å²) in [4.78, 5) is 2.04. The van der Waals surface area contributed by atoms with Crippen LogP contribution in [0.4, 0.5) is 10.1 Å². The van der Waals surface area contributed by atoms with E-state index in [1.807, 2.05) is 31.0 Å². The zero-order valence-corrected chi connectivity index (χ0v) is 11.7. The lowest BCUT2D eigenvalue weighted by atomic mass is 9.98. The summed E-state index contributed by atoms with van der Waals surface area (Å²) in [5, 5.41) is 13.1. The third-order valence-electron chi connectivity index (χ3n) is 3.80. The number of aliphatic hydroxyl groups is 1. The Morgan fingerprint density at radius 3 is 2.84 bits per heavy atom. The molecule has 1 aromatic carbocycles. The number of nitrogens with one attached hydrogen (secondary N) is 1. The Kier molecular flexibility index (Phi) is 4.42. The first-order valence-electron chi connectivity index (χ1n) is 6.92. The summed E-state index contributed by atoms with van der Waals surface area (Å²) in [5.41, 5.74) is 0.986. The molecule has 1 aromatic rings. The molecular formula is C15H23FN2O. The molecule has 2 N–H and O–H groups in total. The molecule has 0 saturated carbocycles. The molecule has 1 fully saturated rings. The predicted molar refractivity (Wildman–Crippen MR) is 75.9 cm³/mol. The minimum atomic E-state index is -0.614. The summed E-state index contributed by atoms with van der Waals surface area (Å²) in [6.45, 7) is 4.04. The van der Waals surface area contributed by atoms with Crippen LogP contribution in [0, 0.1) is 5.82 Å². The Morgan fingerprint density at radius 1 is 1.37 bits per heavy atom. The summed E-state index contributed by atoms with van der Waals surface area (Å²) >= 11 is 0. The van der Waals surface area contributed by atoms with Crippen molar-refractivity contribution in [2.24, 2.45) is 0 Å². The van der Waals surface area contributed by atoms with Crippen molar-refractivity contribution >= 4 is 5.69 Å². The fourth-order valence-corrected chi connectivity index (χ4v) is 2.63. The second-order valence-corrected chi connectivity index (χ2v) is 5.65. The van der Waals surface area contributed by atoms with E-state index in [-0.39, 0.29) is 5.82 Å². The standard InChI is InChI=1S/C15H23FN2O/c1-15(19)6-3-8-18(9-7-15)14-5-4-12(11-17-2)10-13(14)16/h4-5,10,17,19H,3,6-9,11H2,1-2H3. The monoisotopic (exact) mass is 266 g/mol. The van der Waals surface area contributed by atoms with Crippen molar-refractivity contribution in [3.63, 3.8) is 0 Å². The molecule has 2 rings (SSSR count). The fourth-order valence-electron chi connectivity index (χ4n) is 2.63. The van der Waals surface area contributed by atoms with Crippen LogP contribution in [0.1, 0.15) is 31.7 Å². The minimum Gasteiger partial charge on any atom is -0.390 e. The van der Waals surface area contributed by atoms with Crippen LogP contribution in [0.15, 0.2) is 18.2 Å². The Balaban J connectivity index is 2.13. The Hall–Kier alpha value is -1.13. The maximum Gasteiger partial charge on any atom is 0.146 e. The average Bonchev–Trinajstić information content (AvgIpc) is 2.51. The van der Waals surface area contributed by atoms with Crippen LogP contribution >= 0.6 is 0 Å². The predicted octanol–water partition coefficient (Wildman–Crippen LogP) is 2.29. The molecule has 0 radical (unpaired) electrons. The molecule has 19 heavy (non-hydrogen) atoms. The maximum absolute atomic E-state index is 14.2. The SMILES string of the molecule is CNCc1ccc(N2CCCC(C)(O)CC2)c(F)c1. The van der Waals surface area contributed by atoms with Gasteiger partial charge >= 0.3 is 0 Å². The zero-order valence-electron chi connectivity index (χ0n) is 11.7. The zero-order chi connectivity index (χ0) is 13.9. The molecule has 0 spiro atoms. The molecule has 0 aromatic heterocycles. The van der Waals surface area contributed by atoms with E-state index < -0.39 is 5.60 Å². The van der Waals surface area contributed by atoms with Gasteiger partial charge in [0.15, 0.2) is 0 Å². The molecule has 1 aliphatic heterocycles. The Labute approximate surface area is 114 Å². The van der Waals surface area contributed by atoms with E-state index in [4.69, 9.17) is 0 Å². The topological polar surface area (TPSA) is 35.5 Å². The Bertz CT molecular complexity index is 434. The number of nitrogens with zero attached hydrogens (tertiary/aromatic N) is 1. The molecule has 0 amide bonds. The van der Waals surface area contributed by atoms with Gasteiger partial charge in [-0.3, -0.25) is 0 Å². The number of rotatable bonds is 3. The van der Waals surface area contributed by atoms with Crippen molar-refractivity contribution in [1.29, 1.82) is 0 Å². The summed E-state index contributed by atoms with van der Waals surface area (Å²) in [6, 6.07) is 5.40. The van der Waals surface area contributed by atoms with Gasteiger partial charge in [0.25, 0.3) is 0 Å². The van der Waals surface area contributed by atoms with Crippen molar-refractivity contribution in [2.75, 3.05) is 25.0 Å². The van der Waals surface area contributed by atoms with Crippen molar-refractivity contribution in [3.8, 4) is 0 Å². The van der Waals surface area contributed by atoms with Gasteiger partial charge in [0.1, 0.15) is 5.82 Å². The molecule has 3 nitrogen and oxygen atoms in total. The van der Waals surface area contributed by atoms with Crippen molar-refractivity contribution in [3.05, 3.63) is 29.6 Å². The van der Waals surface area contributed by atoms with Crippen LogP contribution in [-0.4, -0.2) is 30.8 Å². The highest BCUT2D eigenvalue weighted by Gasteiger charge is 2.25. The van der Waals surface area contributed by atoms with Gasteiger partial charge in [0.2, 0.25) is 0 Å². The van der Waals surface area contributed by atoms with Crippen LogP contribution in [0.3, 0.4) is 0 Å². The normalized spacial score (nSPS) is 24.3. The first kappa shape index (κ1) is 14.3. The quantitative estimate of drug-likeness (QED) is 0.881. The molecule has 1 aliphatic rings. The lowest BCUT2D eigenvalue weighted by Gasteiger charge is -2.25. The van der Waals surface area contributed by atoms with Gasteiger partial charge in [0, 0.05) is 19.6 Å². The molecule has 1 unspecified atom stereocenters. The van der Waals surface area contributed by atoms with Gasteiger partial charge in [-0.1, -0.05) is 6.07 Å². The number of anilines is 1. The van der Waals surface area contributed by atoms with Crippen LogP contribution in [0.2, 0.25) is 0 Å². The molecule has 1 heterocycles. The van der Waals surface area contributed by atoms with Gasteiger partial charge in [0.05, 0.1) is 11.3 Å². The second kappa shape index (κ2) is 5.88. The highest BCUT2D eigenvalue weighted by atomic mass is 19.1. The highest BCUT2D eigenvalue weighted by Crippen LogP contribution is 2.27. The van der Waals surface area contributed by atoms with E-state index >= 15 is 0 Å². The van der Waals surface area contributed by atoms with E-state index in [0.29, 0.717) is 25.2 Å². The van der Waals surface area contributed by atoms with Crippen LogP contribution in [0.25, 0.3) is 0 Å². The van der Waals surface area contributed by atoms with Crippen molar-refractivity contribution in [1.82, 2.24) is 5.32 Å². The first-order chi connectivity index (χ1) is 9.02. The smallest absolute Gasteiger partial charge is 0.146 e. The van der Waals surface area contributed by atoms with Crippen LogP contribution in [0.5, 0.6) is 0 Å². The molecule has 1 atom stereocenters. The Morgan fingerprint density at radius 2 is 2.16 bits per heavy atom. The lowest BCUT2D eigenvalue weighted by molar-refractivity contribution is 0.0481. The molecule has 106 valence electrons. The second-order valence-electron chi connectivity index (χ2n) is 5.65. The van der Waals surface area contributed by atoms with E-state index in [1.165, 1.54) is 0 Å². The van der Waals surface area contributed by atoms with Gasteiger partial charge in [-0.05, 0) is 50.9 Å². The third kappa shape index (κ3) is 3.67. The summed E-state index contributed by atoms with van der Waals surface area (Å²) < 4.78 is 14.2. The van der Waals surface area contributed by atoms with Crippen LogP contribution in [-0.2, 0) is 6.54 Å². The third-order valence-corrected chi connectivity index (χ3v) is 3.80. The van der Waals surface area contributed by atoms with Gasteiger partial charge < -0.3 is 15.3 Å². The van der Waals surface area contributed by atoms with Gasteiger partial charge in [-0.2, -0.15) is 0 Å². The molecule has 0 aliphatic carbocycles. The molecular weight excluding hydrogens is 243 g/mol. The molecule has 0 bridgehead atoms. The maximum atomic E-state index is 14.2. The number of hydrogen-bond donors (Lipinski definition) is 2. The van der Waals surface area contributed by atoms with Gasteiger partial charge in [-0.25, -0.2) is 4.39 Å². The van der Waals surface area contributed by atoms with Gasteiger partial charge in [-0.15, -0.1) is 0 Å². The van der Waals surface area contributed by atoms with E-state index in [2.05, 4.69) is 5.32 Å². The molecule has 4 heteroatoms. The van der Waals surface area contributed by atoms with Crippen LogP contribution < -0.4 is 10.2 Å². The van der Waals surface area contributed by atoms with E-state index in [1.54, 1.807) is 6.07 Å². The largest absolute Gasteiger partial charge is 0.390 e. The molecule has 1 saturated heterocycles.